The molecule has 1 radical (unpaired) electrons. The summed E-state index contributed by atoms with van der Waals surface area (Å²) in [5.41, 5.74) is 0. The molecule has 6 heavy (non-hydrogen) atoms. The Labute approximate surface area is 38.1 Å². The summed E-state index contributed by atoms with van der Waals surface area (Å²) in [4.78, 5) is 0. The van der Waals surface area contributed by atoms with E-state index in [0.717, 1.165) is 6.54 Å². The Morgan fingerprint density at radius 2 is 2.50 bits per heavy atom. The van der Waals surface area contributed by atoms with Crippen molar-refractivity contribution in [2.75, 3.05) is 6.54 Å². The van der Waals surface area contributed by atoms with Gasteiger partial charge in [-0.25, -0.2) is 0 Å². The van der Waals surface area contributed by atoms with Crippen molar-refractivity contribution >= 4 is 0 Å². The molecule has 1 N–H and O–H groups in total. The van der Waals surface area contributed by atoms with Gasteiger partial charge < -0.3 is 5.32 Å². The molecule has 0 spiro atoms. The maximum atomic E-state index is 3.07. The van der Waals surface area contributed by atoms with Crippen LogP contribution in [0, 0.1) is 6.54 Å². The van der Waals surface area contributed by atoms with Crippen molar-refractivity contribution in [1.29, 1.82) is 0 Å². The molecule has 1 aliphatic rings. The Bertz CT molecular complexity index is 49.0. The second-order valence-corrected chi connectivity index (χ2v) is 1.34. The fraction of sp³-hybridized carbons (Fsp3) is 0.400. The van der Waals surface area contributed by atoms with Crippen molar-refractivity contribution in [3.63, 3.8) is 0 Å². The van der Waals surface area contributed by atoms with Gasteiger partial charge in [0.15, 0.2) is 0 Å². The van der Waals surface area contributed by atoms with E-state index in [1.165, 1.54) is 6.42 Å². The first-order valence-corrected chi connectivity index (χ1v) is 2.22. The van der Waals surface area contributed by atoms with Gasteiger partial charge in [0.05, 0.1) is 0 Å². The van der Waals surface area contributed by atoms with E-state index >= 15 is 0 Å². The van der Waals surface area contributed by atoms with E-state index in [-0.39, 0.29) is 0 Å². The standard InChI is InChI=1S/C5H8N/c1-2-4-6-5-3-1/h1-2,4,6H,3,5H2. The van der Waals surface area contributed by atoms with Crippen LogP contribution in [0.15, 0.2) is 12.2 Å². The second-order valence-electron chi connectivity index (χ2n) is 1.34. The molecule has 0 aromatic rings. The van der Waals surface area contributed by atoms with Crippen molar-refractivity contribution in [3.05, 3.63) is 18.7 Å². The molecule has 0 fully saturated rings. The van der Waals surface area contributed by atoms with Crippen molar-refractivity contribution < 1.29 is 0 Å². The van der Waals surface area contributed by atoms with E-state index in [4.69, 9.17) is 0 Å². The van der Waals surface area contributed by atoms with Gasteiger partial charge in [0.25, 0.3) is 0 Å². The Morgan fingerprint density at radius 3 is 2.67 bits per heavy atom. The molecule has 0 amide bonds. The van der Waals surface area contributed by atoms with Crippen LogP contribution in [0.5, 0.6) is 0 Å². The summed E-state index contributed by atoms with van der Waals surface area (Å²) in [7, 11) is 0. The largest absolute Gasteiger partial charge is 0.309 e. The van der Waals surface area contributed by atoms with Crippen molar-refractivity contribution in [2.45, 2.75) is 6.42 Å². The molecule has 0 saturated carbocycles. The predicted octanol–water partition coefficient (Wildman–Crippen LogP) is 0.698. The van der Waals surface area contributed by atoms with Crippen LogP contribution in [0.3, 0.4) is 0 Å². The first kappa shape index (κ1) is 3.88. The molecular weight excluding hydrogens is 74.1 g/mol. The Morgan fingerprint density at radius 1 is 1.50 bits per heavy atom. The van der Waals surface area contributed by atoms with Gasteiger partial charge in [0.2, 0.25) is 0 Å². The highest BCUT2D eigenvalue weighted by atomic mass is 14.8. The van der Waals surface area contributed by atoms with E-state index in [0.29, 0.717) is 0 Å². The zero-order valence-electron chi connectivity index (χ0n) is 3.65. The minimum Gasteiger partial charge on any atom is -0.309 e. The molecule has 1 rings (SSSR count). The normalized spacial score (nSPS) is 21.3. The van der Waals surface area contributed by atoms with Crippen LogP contribution in [0.1, 0.15) is 6.42 Å². The minimum absolute atomic E-state index is 1.11. The number of nitrogens with one attached hydrogen (secondary N) is 1. The highest BCUT2D eigenvalue weighted by Gasteiger charge is 1.85. The molecule has 33 valence electrons. The van der Waals surface area contributed by atoms with Crippen molar-refractivity contribution in [1.82, 2.24) is 5.32 Å². The second kappa shape index (κ2) is 1.98. The summed E-state index contributed by atoms with van der Waals surface area (Å²) >= 11 is 0. The predicted molar refractivity (Wildman–Crippen MR) is 26.1 cm³/mol. The molecular formula is C5H8N. The van der Waals surface area contributed by atoms with Gasteiger partial charge >= 0.3 is 0 Å². The summed E-state index contributed by atoms with van der Waals surface area (Å²) < 4.78 is 0. The van der Waals surface area contributed by atoms with Crippen LogP contribution in [0.2, 0.25) is 0 Å². The zero-order valence-corrected chi connectivity index (χ0v) is 3.65. The van der Waals surface area contributed by atoms with Gasteiger partial charge in [0.1, 0.15) is 0 Å². The number of hydrogen-bond donors (Lipinski definition) is 1. The third kappa shape index (κ3) is 0.830. The van der Waals surface area contributed by atoms with Gasteiger partial charge in [-0.05, 0) is 13.0 Å². The lowest BCUT2D eigenvalue weighted by Gasteiger charge is -2.00. The molecule has 0 atom stereocenters. The summed E-state index contributed by atoms with van der Waals surface area (Å²) in [5, 5.41) is 3.07. The zero-order chi connectivity index (χ0) is 4.24. The molecule has 0 aliphatic carbocycles. The molecule has 0 saturated heterocycles. The first-order chi connectivity index (χ1) is 3.00. The smallest absolute Gasteiger partial charge is 0.0441 e. The first-order valence-electron chi connectivity index (χ1n) is 2.22. The fourth-order valence-corrected chi connectivity index (χ4v) is 0.482. The molecule has 1 heteroatoms. The highest BCUT2D eigenvalue weighted by Crippen LogP contribution is 1.88. The molecule has 0 aromatic carbocycles. The third-order valence-corrected chi connectivity index (χ3v) is 0.806. The summed E-state index contributed by atoms with van der Waals surface area (Å²) in [6.45, 7) is 3.07. The maximum absolute atomic E-state index is 3.07. The van der Waals surface area contributed by atoms with E-state index in [9.17, 15) is 0 Å². The van der Waals surface area contributed by atoms with E-state index in [2.05, 4.69) is 11.4 Å². The highest BCUT2D eigenvalue weighted by molar-refractivity contribution is 4.97. The average Bonchev–Trinajstić information content (AvgIpc) is 1.72. The summed E-state index contributed by atoms with van der Waals surface area (Å²) in [6, 6.07) is 0. The molecule has 0 aromatic heterocycles. The van der Waals surface area contributed by atoms with Crippen LogP contribution in [-0.4, -0.2) is 6.54 Å². The van der Waals surface area contributed by atoms with E-state index in [1.807, 2.05) is 12.6 Å². The van der Waals surface area contributed by atoms with Crippen molar-refractivity contribution in [2.24, 2.45) is 0 Å². The fourth-order valence-electron chi connectivity index (χ4n) is 0.482. The third-order valence-electron chi connectivity index (χ3n) is 0.806. The lowest BCUT2D eigenvalue weighted by atomic mass is 10.3. The Hall–Kier alpha value is -0.300. The van der Waals surface area contributed by atoms with Gasteiger partial charge in [-0.2, -0.15) is 0 Å². The quantitative estimate of drug-likeness (QED) is 0.453. The van der Waals surface area contributed by atoms with Gasteiger partial charge in [-0.15, -0.1) is 0 Å². The van der Waals surface area contributed by atoms with Crippen LogP contribution in [-0.2, 0) is 0 Å². The van der Waals surface area contributed by atoms with Gasteiger partial charge in [0, 0.05) is 6.54 Å². The molecule has 0 unspecified atom stereocenters. The van der Waals surface area contributed by atoms with E-state index in [1.54, 1.807) is 0 Å². The summed E-state index contributed by atoms with van der Waals surface area (Å²) in [5.74, 6) is 0. The SMILES string of the molecule is [CH]1C=CCCN1. The van der Waals surface area contributed by atoms with Gasteiger partial charge in [-0.3, -0.25) is 0 Å². The van der Waals surface area contributed by atoms with Crippen LogP contribution in [0.4, 0.5) is 0 Å². The van der Waals surface area contributed by atoms with Crippen LogP contribution in [0.25, 0.3) is 0 Å². The molecule has 1 heterocycles. The van der Waals surface area contributed by atoms with Crippen molar-refractivity contribution in [3.8, 4) is 0 Å². The Balaban J connectivity index is 2.26. The average molecular weight is 82.1 g/mol. The lowest BCUT2D eigenvalue weighted by Crippen LogP contribution is -2.12. The van der Waals surface area contributed by atoms with E-state index < -0.39 is 0 Å². The topological polar surface area (TPSA) is 12.0 Å². The lowest BCUT2D eigenvalue weighted by molar-refractivity contribution is 0.791. The van der Waals surface area contributed by atoms with Gasteiger partial charge in [-0.1, -0.05) is 12.2 Å². The summed E-state index contributed by atoms with van der Waals surface area (Å²) in [6.07, 6.45) is 5.36. The molecule has 1 nitrogen and oxygen atoms in total. The number of hydrogen-bond acceptors (Lipinski definition) is 1. The molecule has 1 aliphatic heterocycles. The monoisotopic (exact) mass is 82.1 g/mol. The minimum atomic E-state index is 1.11. The maximum Gasteiger partial charge on any atom is 0.0441 e. The van der Waals surface area contributed by atoms with Crippen LogP contribution >= 0.6 is 0 Å². The number of rotatable bonds is 0. The Kier molecular flexibility index (Phi) is 1.28. The van der Waals surface area contributed by atoms with Crippen LogP contribution < -0.4 is 5.32 Å². The molecule has 0 bridgehead atoms.